The maximum atomic E-state index is 11.3. The van der Waals surface area contributed by atoms with Crippen LogP contribution in [0, 0.1) is 0 Å². The first-order chi connectivity index (χ1) is 7.75. The van der Waals surface area contributed by atoms with Gasteiger partial charge in [-0.25, -0.2) is 13.8 Å². The summed E-state index contributed by atoms with van der Waals surface area (Å²) >= 11 is 7.18. The molecular formula is C10H8ClN3OS. The van der Waals surface area contributed by atoms with Crippen LogP contribution in [0.3, 0.4) is 0 Å². The van der Waals surface area contributed by atoms with E-state index in [0.717, 1.165) is 5.56 Å². The van der Waals surface area contributed by atoms with Gasteiger partial charge in [-0.05, 0) is 29.6 Å². The summed E-state index contributed by atoms with van der Waals surface area (Å²) in [7, 11) is 0. The fourth-order valence-corrected chi connectivity index (χ4v) is 2.10. The summed E-state index contributed by atoms with van der Waals surface area (Å²) in [5.74, 6) is 0.647. The Morgan fingerprint density at radius 3 is 3.06 bits per heavy atom. The highest BCUT2D eigenvalue weighted by molar-refractivity contribution is 7.97. The molecule has 1 heterocycles. The molecule has 0 spiro atoms. The van der Waals surface area contributed by atoms with Gasteiger partial charge in [0.05, 0.1) is 0 Å². The van der Waals surface area contributed by atoms with Crippen molar-refractivity contribution in [2.75, 3.05) is 0 Å². The Morgan fingerprint density at radius 1 is 1.44 bits per heavy atom. The SMILES string of the molecule is O=c1ncncn1SCc1cccc(Cl)c1. The van der Waals surface area contributed by atoms with Gasteiger partial charge in [-0.2, -0.15) is 4.98 Å². The predicted octanol–water partition coefficient (Wildman–Crippen LogP) is 1.99. The third-order valence-corrected chi connectivity index (χ3v) is 3.08. The van der Waals surface area contributed by atoms with Crippen molar-refractivity contribution in [2.45, 2.75) is 5.75 Å². The average molecular weight is 254 g/mol. The Morgan fingerprint density at radius 2 is 2.31 bits per heavy atom. The molecule has 0 saturated carbocycles. The molecule has 4 nitrogen and oxygen atoms in total. The Hall–Kier alpha value is -1.33. The van der Waals surface area contributed by atoms with Gasteiger partial charge in [-0.1, -0.05) is 23.7 Å². The molecule has 0 aliphatic rings. The summed E-state index contributed by atoms with van der Waals surface area (Å²) in [5.41, 5.74) is 0.732. The number of rotatable bonds is 3. The van der Waals surface area contributed by atoms with Gasteiger partial charge in [0.1, 0.15) is 12.7 Å². The summed E-state index contributed by atoms with van der Waals surface area (Å²) < 4.78 is 1.39. The van der Waals surface area contributed by atoms with E-state index >= 15 is 0 Å². The van der Waals surface area contributed by atoms with Crippen LogP contribution in [-0.2, 0) is 5.75 Å². The van der Waals surface area contributed by atoms with Crippen molar-refractivity contribution in [2.24, 2.45) is 0 Å². The van der Waals surface area contributed by atoms with Crippen LogP contribution in [0.5, 0.6) is 0 Å². The van der Waals surface area contributed by atoms with E-state index in [1.807, 2.05) is 24.3 Å². The van der Waals surface area contributed by atoms with Crippen LogP contribution in [0.25, 0.3) is 0 Å². The number of hydrogen-bond acceptors (Lipinski definition) is 4. The third kappa shape index (κ3) is 2.84. The number of aromatic nitrogens is 3. The third-order valence-electron chi connectivity index (χ3n) is 1.85. The van der Waals surface area contributed by atoms with Crippen molar-refractivity contribution in [1.82, 2.24) is 13.9 Å². The van der Waals surface area contributed by atoms with Gasteiger partial charge in [-0.15, -0.1) is 0 Å². The average Bonchev–Trinajstić information content (AvgIpc) is 2.28. The fourth-order valence-electron chi connectivity index (χ4n) is 1.14. The van der Waals surface area contributed by atoms with E-state index in [-0.39, 0.29) is 5.69 Å². The zero-order valence-electron chi connectivity index (χ0n) is 8.21. The molecule has 6 heteroatoms. The van der Waals surface area contributed by atoms with Gasteiger partial charge in [-0.3, -0.25) is 0 Å². The van der Waals surface area contributed by atoms with E-state index < -0.39 is 0 Å². The first-order valence-electron chi connectivity index (χ1n) is 4.52. The molecule has 0 amide bonds. The van der Waals surface area contributed by atoms with E-state index in [2.05, 4.69) is 9.97 Å². The molecule has 16 heavy (non-hydrogen) atoms. The second-order valence-corrected chi connectivity index (χ2v) is 4.40. The second kappa shape index (κ2) is 5.14. The molecule has 0 radical (unpaired) electrons. The minimum Gasteiger partial charge on any atom is -0.245 e. The highest BCUT2D eigenvalue weighted by atomic mass is 35.5. The molecule has 0 bridgehead atoms. The summed E-state index contributed by atoms with van der Waals surface area (Å²) in [5, 5.41) is 0.690. The van der Waals surface area contributed by atoms with Crippen LogP contribution in [-0.4, -0.2) is 13.9 Å². The van der Waals surface area contributed by atoms with Crippen molar-refractivity contribution in [1.29, 1.82) is 0 Å². The van der Waals surface area contributed by atoms with Crippen LogP contribution in [0.4, 0.5) is 0 Å². The summed E-state index contributed by atoms with van der Waals surface area (Å²) in [4.78, 5) is 18.6. The molecule has 0 atom stereocenters. The van der Waals surface area contributed by atoms with Crippen LogP contribution in [0.2, 0.25) is 5.02 Å². The quantitative estimate of drug-likeness (QED) is 0.839. The van der Waals surface area contributed by atoms with Crippen LogP contribution < -0.4 is 5.69 Å². The lowest BCUT2D eigenvalue weighted by atomic mass is 10.2. The van der Waals surface area contributed by atoms with Crippen LogP contribution in [0.1, 0.15) is 5.56 Å². The van der Waals surface area contributed by atoms with E-state index in [1.165, 1.54) is 28.6 Å². The highest BCUT2D eigenvalue weighted by Gasteiger charge is 1.99. The Kier molecular flexibility index (Phi) is 3.58. The number of hydrogen-bond donors (Lipinski definition) is 0. The van der Waals surface area contributed by atoms with E-state index in [9.17, 15) is 4.79 Å². The minimum absolute atomic E-state index is 0.318. The van der Waals surface area contributed by atoms with Gasteiger partial charge < -0.3 is 0 Å². The smallest absolute Gasteiger partial charge is 0.245 e. The molecule has 82 valence electrons. The Labute approximate surface area is 101 Å². The van der Waals surface area contributed by atoms with Gasteiger partial charge >= 0.3 is 5.69 Å². The van der Waals surface area contributed by atoms with E-state index in [4.69, 9.17) is 11.6 Å². The van der Waals surface area contributed by atoms with Gasteiger partial charge in [0.25, 0.3) is 0 Å². The van der Waals surface area contributed by atoms with Crippen LogP contribution in [0.15, 0.2) is 41.7 Å². The molecule has 0 unspecified atom stereocenters. The lowest BCUT2D eigenvalue weighted by Gasteiger charge is -2.02. The van der Waals surface area contributed by atoms with Crippen molar-refractivity contribution in [3.05, 3.63) is 58.0 Å². The minimum atomic E-state index is -0.318. The van der Waals surface area contributed by atoms with Gasteiger partial charge in [0.15, 0.2) is 0 Å². The molecule has 0 aliphatic carbocycles. The Bertz CT molecular complexity index is 543. The van der Waals surface area contributed by atoms with Gasteiger partial charge in [0.2, 0.25) is 0 Å². The number of nitrogens with zero attached hydrogens (tertiary/aromatic N) is 3. The maximum absolute atomic E-state index is 11.3. The molecule has 2 aromatic rings. The molecule has 1 aromatic heterocycles. The lowest BCUT2D eigenvalue weighted by molar-refractivity contribution is 0.939. The largest absolute Gasteiger partial charge is 0.360 e. The first kappa shape index (κ1) is 11.2. The van der Waals surface area contributed by atoms with Crippen molar-refractivity contribution in [3.8, 4) is 0 Å². The monoisotopic (exact) mass is 253 g/mol. The molecule has 1 aromatic carbocycles. The van der Waals surface area contributed by atoms with E-state index in [1.54, 1.807) is 0 Å². The van der Waals surface area contributed by atoms with E-state index in [0.29, 0.717) is 10.8 Å². The lowest BCUT2D eigenvalue weighted by Crippen LogP contribution is -2.17. The summed E-state index contributed by atoms with van der Waals surface area (Å²) in [6.45, 7) is 0. The second-order valence-electron chi connectivity index (χ2n) is 3.02. The van der Waals surface area contributed by atoms with Crippen LogP contribution >= 0.6 is 23.5 Å². The molecule has 0 saturated heterocycles. The summed E-state index contributed by atoms with van der Waals surface area (Å²) in [6.07, 6.45) is 2.68. The number of benzene rings is 1. The van der Waals surface area contributed by atoms with Crippen molar-refractivity contribution in [3.63, 3.8) is 0 Å². The summed E-state index contributed by atoms with van der Waals surface area (Å²) in [6, 6.07) is 7.51. The standard InChI is InChI=1S/C10H8ClN3OS/c11-9-3-1-2-8(4-9)5-16-14-7-12-6-13-10(14)15/h1-4,6-7H,5H2. The predicted molar refractivity (Wildman–Crippen MR) is 64.4 cm³/mol. The first-order valence-corrected chi connectivity index (χ1v) is 5.84. The zero-order chi connectivity index (χ0) is 11.4. The maximum Gasteiger partial charge on any atom is 0.360 e. The number of halogens is 1. The zero-order valence-corrected chi connectivity index (χ0v) is 9.78. The fraction of sp³-hybridized carbons (Fsp3) is 0.100. The highest BCUT2D eigenvalue weighted by Crippen LogP contribution is 2.16. The Balaban J connectivity index is 2.08. The topological polar surface area (TPSA) is 47.8 Å². The van der Waals surface area contributed by atoms with Crippen molar-refractivity contribution < 1.29 is 0 Å². The molecule has 0 aliphatic heterocycles. The molecule has 0 fully saturated rings. The molecular weight excluding hydrogens is 246 g/mol. The van der Waals surface area contributed by atoms with Gasteiger partial charge in [0, 0.05) is 10.8 Å². The normalized spacial score (nSPS) is 10.3. The van der Waals surface area contributed by atoms with Crippen molar-refractivity contribution >= 4 is 23.5 Å². The molecule has 2 rings (SSSR count). The molecule has 0 N–H and O–H groups in total.